The number of likely N-dealkylation sites (tertiary alicyclic amines) is 1. The minimum Gasteiger partial charge on any atom is -0.378 e. The predicted octanol–water partition coefficient (Wildman–Crippen LogP) is 1.86. The molecule has 29 heavy (non-hydrogen) atoms. The molecule has 2 saturated heterocycles. The fourth-order valence-corrected chi connectivity index (χ4v) is 3.80. The number of nitro benzene ring substituents is 1. The first kappa shape index (κ1) is 19.5. The van der Waals surface area contributed by atoms with Crippen LogP contribution in [0, 0.1) is 10.1 Å². The highest BCUT2D eigenvalue weighted by Crippen LogP contribution is 2.24. The second kappa shape index (κ2) is 8.66. The number of nitrogens with zero attached hydrogens (tertiary/aromatic N) is 5. The van der Waals surface area contributed by atoms with Crippen LogP contribution >= 0.6 is 0 Å². The van der Waals surface area contributed by atoms with Crippen molar-refractivity contribution >= 4 is 11.6 Å². The van der Waals surface area contributed by atoms with Gasteiger partial charge in [0.25, 0.3) is 5.69 Å². The van der Waals surface area contributed by atoms with Crippen molar-refractivity contribution in [1.82, 2.24) is 19.9 Å². The third-order valence-electron chi connectivity index (χ3n) is 5.36. The summed E-state index contributed by atoms with van der Waals surface area (Å²) in [6.07, 6.45) is 2.87. The van der Waals surface area contributed by atoms with Crippen molar-refractivity contribution in [3.8, 4) is 11.4 Å². The highest BCUT2D eigenvalue weighted by Gasteiger charge is 2.33. The van der Waals surface area contributed by atoms with Crippen molar-refractivity contribution in [2.24, 2.45) is 0 Å². The molecule has 3 heterocycles. The number of non-ortho nitro benzene ring substituents is 1. The number of carbonyl (C=O) groups excluding carboxylic acids is 1. The summed E-state index contributed by atoms with van der Waals surface area (Å²) in [7, 11) is 0. The van der Waals surface area contributed by atoms with Crippen LogP contribution in [-0.4, -0.2) is 69.7 Å². The standard InChI is InChI=1S/C19H23N5O5/c25-19(22-9-11-28-12-10-22)16-3-1-2-8-23(16)13-17-20-18(21-29-17)14-4-6-15(7-5-14)24(26)27/h4-7,16H,1-3,8-13H2. The van der Waals surface area contributed by atoms with Gasteiger partial charge in [0.15, 0.2) is 0 Å². The molecular formula is C19H23N5O5. The highest BCUT2D eigenvalue weighted by molar-refractivity contribution is 5.82. The van der Waals surface area contributed by atoms with E-state index in [9.17, 15) is 14.9 Å². The molecule has 10 heteroatoms. The molecule has 0 spiro atoms. The fourth-order valence-electron chi connectivity index (χ4n) is 3.80. The Labute approximate surface area is 167 Å². The third-order valence-corrected chi connectivity index (χ3v) is 5.36. The molecule has 1 aromatic carbocycles. The average molecular weight is 401 g/mol. The number of morpholine rings is 1. The molecule has 0 bridgehead atoms. The van der Waals surface area contributed by atoms with E-state index in [-0.39, 0.29) is 17.6 Å². The lowest BCUT2D eigenvalue weighted by atomic mass is 10.0. The summed E-state index contributed by atoms with van der Waals surface area (Å²) in [5.41, 5.74) is 0.653. The number of piperidine rings is 1. The molecule has 154 valence electrons. The fraction of sp³-hybridized carbons (Fsp3) is 0.526. The monoisotopic (exact) mass is 401 g/mol. The van der Waals surface area contributed by atoms with Gasteiger partial charge in [-0.2, -0.15) is 4.98 Å². The van der Waals surface area contributed by atoms with Crippen LogP contribution in [0.3, 0.4) is 0 Å². The Bertz CT molecular complexity index is 862. The Balaban J connectivity index is 1.44. The largest absolute Gasteiger partial charge is 0.378 e. The van der Waals surface area contributed by atoms with Crippen LogP contribution in [-0.2, 0) is 16.1 Å². The van der Waals surface area contributed by atoms with Gasteiger partial charge in [0, 0.05) is 30.8 Å². The molecule has 0 N–H and O–H groups in total. The molecular weight excluding hydrogens is 378 g/mol. The normalized spacial score (nSPS) is 20.6. The van der Waals surface area contributed by atoms with Crippen LogP contribution in [0.25, 0.3) is 11.4 Å². The van der Waals surface area contributed by atoms with Gasteiger partial charge >= 0.3 is 0 Å². The van der Waals surface area contributed by atoms with Gasteiger partial charge in [-0.15, -0.1) is 0 Å². The average Bonchev–Trinajstić information content (AvgIpc) is 3.23. The predicted molar refractivity (Wildman–Crippen MR) is 102 cm³/mol. The number of hydrogen-bond donors (Lipinski definition) is 0. The minimum absolute atomic E-state index is 0.00949. The number of rotatable bonds is 5. The van der Waals surface area contributed by atoms with Crippen molar-refractivity contribution in [2.75, 3.05) is 32.8 Å². The molecule has 1 unspecified atom stereocenters. The SMILES string of the molecule is O=C(C1CCCCN1Cc1nc(-c2ccc([N+](=O)[O-])cc2)no1)N1CCOCC1. The molecule has 1 amide bonds. The smallest absolute Gasteiger partial charge is 0.269 e. The summed E-state index contributed by atoms with van der Waals surface area (Å²) in [5, 5.41) is 14.8. The zero-order chi connectivity index (χ0) is 20.2. The molecule has 0 radical (unpaired) electrons. The van der Waals surface area contributed by atoms with E-state index in [1.54, 1.807) is 12.1 Å². The van der Waals surface area contributed by atoms with E-state index in [0.717, 1.165) is 25.8 Å². The van der Waals surface area contributed by atoms with E-state index in [0.29, 0.717) is 50.1 Å². The van der Waals surface area contributed by atoms with Gasteiger partial charge in [-0.3, -0.25) is 19.8 Å². The number of benzene rings is 1. The van der Waals surface area contributed by atoms with Gasteiger partial charge in [0.05, 0.1) is 30.7 Å². The topological polar surface area (TPSA) is 115 Å². The summed E-state index contributed by atoms with van der Waals surface area (Å²) in [6.45, 7) is 3.64. The van der Waals surface area contributed by atoms with Gasteiger partial charge in [0.1, 0.15) is 0 Å². The molecule has 4 rings (SSSR count). The van der Waals surface area contributed by atoms with E-state index in [2.05, 4.69) is 15.0 Å². The van der Waals surface area contributed by atoms with Gasteiger partial charge in [0.2, 0.25) is 17.6 Å². The summed E-state index contributed by atoms with van der Waals surface area (Å²) in [5.74, 6) is 0.950. The molecule has 10 nitrogen and oxygen atoms in total. The minimum atomic E-state index is -0.451. The maximum Gasteiger partial charge on any atom is 0.269 e. The lowest BCUT2D eigenvalue weighted by molar-refractivity contribution is -0.384. The quantitative estimate of drug-likeness (QED) is 0.551. The number of nitro groups is 1. The Hall–Kier alpha value is -2.85. The van der Waals surface area contributed by atoms with Gasteiger partial charge in [-0.1, -0.05) is 11.6 Å². The van der Waals surface area contributed by atoms with Crippen LogP contribution in [0.1, 0.15) is 25.2 Å². The molecule has 0 saturated carbocycles. The van der Waals surface area contributed by atoms with Crippen molar-refractivity contribution in [2.45, 2.75) is 31.8 Å². The van der Waals surface area contributed by atoms with Gasteiger partial charge in [-0.05, 0) is 31.5 Å². The zero-order valence-electron chi connectivity index (χ0n) is 16.0. The van der Waals surface area contributed by atoms with Gasteiger partial charge in [-0.25, -0.2) is 0 Å². The molecule has 2 fully saturated rings. The van der Waals surface area contributed by atoms with Crippen molar-refractivity contribution in [3.05, 3.63) is 40.3 Å². The number of ether oxygens (including phenoxy) is 1. The highest BCUT2D eigenvalue weighted by atomic mass is 16.6. The Morgan fingerprint density at radius 2 is 1.93 bits per heavy atom. The number of carbonyl (C=O) groups is 1. The summed E-state index contributed by atoms with van der Waals surface area (Å²) < 4.78 is 10.7. The summed E-state index contributed by atoms with van der Waals surface area (Å²) >= 11 is 0. The molecule has 1 atom stereocenters. The van der Waals surface area contributed by atoms with Crippen LogP contribution < -0.4 is 0 Å². The summed E-state index contributed by atoms with van der Waals surface area (Å²) in [4.78, 5) is 31.7. The lowest BCUT2D eigenvalue weighted by Gasteiger charge is -2.38. The molecule has 2 aliphatic rings. The number of aromatic nitrogens is 2. The van der Waals surface area contributed by atoms with Gasteiger partial charge < -0.3 is 14.2 Å². The molecule has 0 aliphatic carbocycles. The van der Waals surface area contributed by atoms with Crippen LogP contribution in [0.2, 0.25) is 0 Å². The van der Waals surface area contributed by atoms with Crippen molar-refractivity contribution in [1.29, 1.82) is 0 Å². The van der Waals surface area contributed by atoms with Crippen LogP contribution in [0.5, 0.6) is 0 Å². The first-order valence-electron chi connectivity index (χ1n) is 9.80. The van der Waals surface area contributed by atoms with E-state index >= 15 is 0 Å². The Kier molecular flexibility index (Phi) is 5.81. The maximum absolute atomic E-state index is 13.0. The van der Waals surface area contributed by atoms with Crippen LogP contribution in [0.15, 0.2) is 28.8 Å². The second-order valence-corrected chi connectivity index (χ2v) is 7.24. The first-order valence-corrected chi connectivity index (χ1v) is 9.80. The zero-order valence-corrected chi connectivity index (χ0v) is 16.0. The van der Waals surface area contributed by atoms with Crippen LogP contribution in [0.4, 0.5) is 5.69 Å². The number of hydrogen-bond acceptors (Lipinski definition) is 8. The molecule has 2 aromatic rings. The maximum atomic E-state index is 13.0. The van der Waals surface area contributed by atoms with Crippen molar-refractivity contribution < 1.29 is 19.0 Å². The van der Waals surface area contributed by atoms with E-state index in [4.69, 9.17) is 9.26 Å². The Morgan fingerprint density at radius 3 is 2.66 bits per heavy atom. The number of amides is 1. The second-order valence-electron chi connectivity index (χ2n) is 7.24. The van der Waals surface area contributed by atoms with E-state index in [1.807, 2.05) is 4.90 Å². The lowest BCUT2D eigenvalue weighted by Crippen LogP contribution is -2.53. The first-order chi connectivity index (χ1) is 14.1. The third kappa shape index (κ3) is 4.43. The molecule has 1 aromatic heterocycles. The van der Waals surface area contributed by atoms with E-state index < -0.39 is 4.92 Å². The Morgan fingerprint density at radius 1 is 1.17 bits per heavy atom. The van der Waals surface area contributed by atoms with Crippen molar-refractivity contribution in [3.63, 3.8) is 0 Å². The molecule has 2 aliphatic heterocycles. The summed E-state index contributed by atoms with van der Waals surface area (Å²) in [6, 6.07) is 5.83. The van der Waals surface area contributed by atoms with E-state index in [1.165, 1.54) is 12.1 Å².